The van der Waals surface area contributed by atoms with E-state index in [1.54, 1.807) is 12.1 Å². The van der Waals surface area contributed by atoms with Gasteiger partial charge in [0, 0.05) is 12.5 Å². The van der Waals surface area contributed by atoms with Crippen molar-refractivity contribution in [3.8, 4) is 5.75 Å². The second-order valence-electron chi connectivity index (χ2n) is 4.16. The molecule has 4 heteroatoms. The van der Waals surface area contributed by atoms with Gasteiger partial charge in [-0.1, -0.05) is 19.9 Å². The molecule has 0 saturated heterocycles. The number of benzene rings is 1. The molecule has 0 heterocycles. The summed E-state index contributed by atoms with van der Waals surface area (Å²) < 4.78 is 18.2. The van der Waals surface area contributed by atoms with Crippen LogP contribution in [0.4, 0.5) is 4.39 Å². The van der Waals surface area contributed by atoms with E-state index < -0.39 is 0 Å². The van der Waals surface area contributed by atoms with Crippen molar-refractivity contribution in [2.24, 2.45) is 5.92 Å². The minimum atomic E-state index is -0.375. The quantitative estimate of drug-likeness (QED) is 0.855. The van der Waals surface area contributed by atoms with Crippen LogP contribution in [-0.2, 0) is 11.2 Å². The zero-order valence-electron chi connectivity index (χ0n) is 10.4. The van der Waals surface area contributed by atoms with E-state index in [1.807, 2.05) is 13.8 Å². The number of carbonyl (C=O) groups excluding carboxylic acids is 1. The van der Waals surface area contributed by atoms with Gasteiger partial charge in [0.2, 0.25) is 5.91 Å². The van der Waals surface area contributed by atoms with Crippen LogP contribution in [0, 0.1) is 11.7 Å². The minimum absolute atomic E-state index is 0.0129. The predicted octanol–water partition coefficient (Wildman–Crippen LogP) is 2.15. The summed E-state index contributed by atoms with van der Waals surface area (Å²) in [6.45, 7) is 4.19. The number of nitrogens with one attached hydrogen (secondary N) is 1. The van der Waals surface area contributed by atoms with E-state index >= 15 is 0 Å². The lowest BCUT2D eigenvalue weighted by Crippen LogP contribution is -2.29. The van der Waals surface area contributed by atoms with Gasteiger partial charge in [-0.25, -0.2) is 4.39 Å². The summed E-state index contributed by atoms with van der Waals surface area (Å²) in [5.74, 6) is -0.151. The standard InChI is InChI=1S/C13H18FNO2/c1-9(2)13(16)15-7-6-10-4-5-12(17-3)11(14)8-10/h4-5,8-9H,6-7H2,1-3H3,(H,15,16). The second kappa shape index (κ2) is 6.23. The predicted molar refractivity (Wildman–Crippen MR) is 64.5 cm³/mol. The molecular formula is C13H18FNO2. The van der Waals surface area contributed by atoms with Gasteiger partial charge in [-0.3, -0.25) is 4.79 Å². The molecule has 0 spiro atoms. The van der Waals surface area contributed by atoms with Gasteiger partial charge in [0.25, 0.3) is 0 Å². The molecule has 1 amide bonds. The highest BCUT2D eigenvalue weighted by Gasteiger charge is 2.06. The Hall–Kier alpha value is -1.58. The summed E-state index contributed by atoms with van der Waals surface area (Å²) in [5.41, 5.74) is 0.840. The van der Waals surface area contributed by atoms with E-state index in [4.69, 9.17) is 4.74 Å². The maximum absolute atomic E-state index is 13.4. The Morgan fingerprint density at radius 1 is 1.47 bits per heavy atom. The first-order chi connectivity index (χ1) is 8.04. The van der Waals surface area contributed by atoms with E-state index in [2.05, 4.69) is 5.32 Å². The Bertz CT molecular complexity index is 391. The van der Waals surface area contributed by atoms with Gasteiger partial charge in [-0.15, -0.1) is 0 Å². The van der Waals surface area contributed by atoms with Crippen molar-refractivity contribution in [2.75, 3.05) is 13.7 Å². The lowest BCUT2D eigenvalue weighted by atomic mass is 10.1. The molecule has 0 aliphatic rings. The first kappa shape index (κ1) is 13.5. The van der Waals surface area contributed by atoms with Gasteiger partial charge in [0.1, 0.15) is 0 Å². The molecule has 17 heavy (non-hydrogen) atoms. The zero-order valence-corrected chi connectivity index (χ0v) is 10.4. The van der Waals surface area contributed by atoms with Gasteiger partial charge in [0.05, 0.1) is 7.11 Å². The summed E-state index contributed by atoms with van der Waals surface area (Å²) in [5, 5.41) is 2.79. The molecule has 0 aliphatic heterocycles. The third kappa shape index (κ3) is 4.06. The summed E-state index contributed by atoms with van der Waals surface area (Å²) in [4.78, 5) is 11.3. The van der Waals surface area contributed by atoms with Crippen LogP contribution in [-0.4, -0.2) is 19.6 Å². The van der Waals surface area contributed by atoms with Crippen molar-refractivity contribution in [3.63, 3.8) is 0 Å². The largest absolute Gasteiger partial charge is 0.494 e. The van der Waals surface area contributed by atoms with Gasteiger partial charge >= 0.3 is 0 Å². The molecule has 94 valence electrons. The molecule has 0 bridgehead atoms. The lowest BCUT2D eigenvalue weighted by Gasteiger charge is -2.08. The van der Waals surface area contributed by atoms with E-state index in [1.165, 1.54) is 13.2 Å². The molecule has 1 aromatic carbocycles. The number of hydrogen-bond donors (Lipinski definition) is 1. The number of hydrogen-bond acceptors (Lipinski definition) is 2. The average molecular weight is 239 g/mol. The van der Waals surface area contributed by atoms with Crippen LogP contribution in [0.2, 0.25) is 0 Å². The second-order valence-corrected chi connectivity index (χ2v) is 4.16. The van der Waals surface area contributed by atoms with Crippen molar-refractivity contribution in [1.82, 2.24) is 5.32 Å². The van der Waals surface area contributed by atoms with Crippen molar-refractivity contribution >= 4 is 5.91 Å². The maximum atomic E-state index is 13.4. The number of methoxy groups -OCH3 is 1. The van der Waals surface area contributed by atoms with E-state index in [9.17, 15) is 9.18 Å². The molecule has 0 fully saturated rings. The van der Waals surface area contributed by atoms with Gasteiger partial charge in [-0.05, 0) is 24.1 Å². The number of ether oxygens (including phenoxy) is 1. The Balaban J connectivity index is 2.47. The van der Waals surface area contributed by atoms with Crippen LogP contribution >= 0.6 is 0 Å². The monoisotopic (exact) mass is 239 g/mol. The number of amides is 1. The molecular weight excluding hydrogens is 221 g/mol. The third-order valence-electron chi connectivity index (χ3n) is 2.45. The fourth-order valence-corrected chi connectivity index (χ4v) is 1.40. The van der Waals surface area contributed by atoms with Crippen molar-refractivity contribution in [3.05, 3.63) is 29.6 Å². The van der Waals surface area contributed by atoms with Crippen LogP contribution in [0.5, 0.6) is 5.75 Å². The van der Waals surface area contributed by atoms with Crippen LogP contribution in [0.3, 0.4) is 0 Å². The van der Waals surface area contributed by atoms with Crippen LogP contribution < -0.4 is 10.1 Å². The van der Waals surface area contributed by atoms with Crippen LogP contribution in [0.1, 0.15) is 19.4 Å². The fraction of sp³-hybridized carbons (Fsp3) is 0.462. The first-order valence-corrected chi connectivity index (χ1v) is 5.64. The van der Waals surface area contributed by atoms with Crippen LogP contribution in [0.25, 0.3) is 0 Å². The van der Waals surface area contributed by atoms with E-state index in [0.29, 0.717) is 13.0 Å². The topological polar surface area (TPSA) is 38.3 Å². The highest BCUT2D eigenvalue weighted by Crippen LogP contribution is 2.17. The molecule has 0 aliphatic carbocycles. The molecule has 0 radical (unpaired) electrons. The molecule has 3 nitrogen and oxygen atoms in total. The zero-order chi connectivity index (χ0) is 12.8. The Morgan fingerprint density at radius 2 is 2.18 bits per heavy atom. The average Bonchev–Trinajstić information content (AvgIpc) is 2.29. The van der Waals surface area contributed by atoms with Gasteiger partial charge in [0.15, 0.2) is 11.6 Å². The highest BCUT2D eigenvalue weighted by molar-refractivity contribution is 5.77. The lowest BCUT2D eigenvalue weighted by molar-refractivity contribution is -0.123. The molecule has 0 saturated carbocycles. The molecule has 0 atom stereocenters. The number of carbonyl (C=O) groups is 1. The van der Waals surface area contributed by atoms with Crippen LogP contribution in [0.15, 0.2) is 18.2 Å². The minimum Gasteiger partial charge on any atom is -0.494 e. The summed E-state index contributed by atoms with van der Waals surface area (Å²) >= 11 is 0. The number of halogens is 1. The molecule has 1 aromatic rings. The first-order valence-electron chi connectivity index (χ1n) is 5.64. The van der Waals surface area contributed by atoms with Gasteiger partial charge < -0.3 is 10.1 Å². The fourth-order valence-electron chi connectivity index (χ4n) is 1.40. The summed E-state index contributed by atoms with van der Waals surface area (Å²) in [6, 6.07) is 4.82. The third-order valence-corrected chi connectivity index (χ3v) is 2.45. The Kier molecular flexibility index (Phi) is 4.94. The molecule has 0 unspecified atom stereocenters. The number of rotatable bonds is 5. The molecule has 1 N–H and O–H groups in total. The SMILES string of the molecule is COc1ccc(CCNC(=O)C(C)C)cc1F. The summed E-state index contributed by atoms with van der Waals surface area (Å²) in [7, 11) is 1.43. The van der Waals surface area contributed by atoms with Crippen molar-refractivity contribution in [2.45, 2.75) is 20.3 Å². The highest BCUT2D eigenvalue weighted by atomic mass is 19.1. The van der Waals surface area contributed by atoms with E-state index in [0.717, 1.165) is 5.56 Å². The normalized spacial score (nSPS) is 10.4. The van der Waals surface area contributed by atoms with Crippen molar-refractivity contribution in [1.29, 1.82) is 0 Å². The Morgan fingerprint density at radius 3 is 2.71 bits per heavy atom. The Labute approximate surface area is 101 Å². The molecule has 1 rings (SSSR count). The smallest absolute Gasteiger partial charge is 0.222 e. The van der Waals surface area contributed by atoms with E-state index in [-0.39, 0.29) is 23.4 Å². The summed E-state index contributed by atoms with van der Waals surface area (Å²) in [6.07, 6.45) is 0.610. The molecule has 0 aromatic heterocycles. The van der Waals surface area contributed by atoms with Gasteiger partial charge in [-0.2, -0.15) is 0 Å². The maximum Gasteiger partial charge on any atom is 0.222 e. The van der Waals surface area contributed by atoms with Crippen molar-refractivity contribution < 1.29 is 13.9 Å².